The molecule has 0 aromatic heterocycles. The number of hydrogen-bond donors (Lipinski definition) is 0. The SMILES string of the molecule is CCN(C1CC1)C1CCOC1C. The van der Waals surface area contributed by atoms with Gasteiger partial charge in [-0.3, -0.25) is 4.90 Å². The van der Waals surface area contributed by atoms with Crippen LogP contribution in [0, 0.1) is 0 Å². The third-order valence-electron chi connectivity index (χ3n) is 3.14. The topological polar surface area (TPSA) is 12.5 Å². The summed E-state index contributed by atoms with van der Waals surface area (Å²) in [6.07, 6.45) is 4.53. The molecule has 2 atom stereocenters. The van der Waals surface area contributed by atoms with Crippen LogP contribution in [-0.4, -0.2) is 36.2 Å². The van der Waals surface area contributed by atoms with Gasteiger partial charge in [-0.2, -0.15) is 0 Å². The predicted octanol–water partition coefficient (Wildman–Crippen LogP) is 1.65. The molecule has 1 saturated heterocycles. The average molecular weight is 169 g/mol. The summed E-state index contributed by atoms with van der Waals surface area (Å²) < 4.78 is 5.58. The minimum absolute atomic E-state index is 0.463. The molecule has 2 fully saturated rings. The first kappa shape index (κ1) is 8.52. The van der Waals surface area contributed by atoms with Crippen LogP contribution in [0.2, 0.25) is 0 Å². The molecule has 0 aromatic carbocycles. The molecule has 0 radical (unpaired) electrons. The first-order chi connectivity index (χ1) is 5.83. The largest absolute Gasteiger partial charge is 0.377 e. The van der Waals surface area contributed by atoms with Crippen molar-refractivity contribution in [3.05, 3.63) is 0 Å². The lowest BCUT2D eigenvalue weighted by atomic mass is 10.1. The zero-order valence-corrected chi connectivity index (χ0v) is 8.12. The molecular weight excluding hydrogens is 150 g/mol. The minimum atomic E-state index is 0.463. The Hall–Kier alpha value is -0.0800. The second-order valence-electron chi connectivity index (χ2n) is 3.99. The van der Waals surface area contributed by atoms with E-state index < -0.39 is 0 Å². The first-order valence-electron chi connectivity index (χ1n) is 5.20. The summed E-state index contributed by atoms with van der Waals surface area (Å²) in [5, 5.41) is 0. The minimum Gasteiger partial charge on any atom is -0.377 e. The third kappa shape index (κ3) is 1.50. The normalized spacial score (nSPS) is 36.2. The van der Waals surface area contributed by atoms with Crippen molar-refractivity contribution in [2.24, 2.45) is 0 Å². The highest BCUT2D eigenvalue weighted by atomic mass is 16.5. The lowest BCUT2D eigenvalue weighted by Gasteiger charge is -2.29. The Kier molecular flexibility index (Phi) is 2.37. The smallest absolute Gasteiger partial charge is 0.0703 e. The lowest BCUT2D eigenvalue weighted by molar-refractivity contribution is 0.0728. The van der Waals surface area contributed by atoms with Gasteiger partial charge in [-0.25, -0.2) is 0 Å². The fourth-order valence-corrected chi connectivity index (χ4v) is 2.33. The summed E-state index contributed by atoms with van der Waals surface area (Å²) in [5.74, 6) is 0. The first-order valence-corrected chi connectivity index (χ1v) is 5.20. The van der Waals surface area contributed by atoms with Crippen LogP contribution in [0.4, 0.5) is 0 Å². The molecule has 1 heterocycles. The molecule has 0 bridgehead atoms. The Balaban J connectivity index is 1.94. The quantitative estimate of drug-likeness (QED) is 0.637. The number of rotatable bonds is 3. The monoisotopic (exact) mass is 169 g/mol. The molecule has 2 unspecified atom stereocenters. The highest BCUT2D eigenvalue weighted by Gasteiger charge is 2.37. The molecule has 0 amide bonds. The van der Waals surface area contributed by atoms with Crippen molar-refractivity contribution in [1.82, 2.24) is 4.90 Å². The predicted molar refractivity (Wildman–Crippen MR) is 49.2 cm³/mol. The van der Waals surface area contributed by atoms with E-state index in [1.807, 2.05) is 0 Å². The zero-order chi connectivity index (χ0) is 8.55. The molecular formula is C10H19NO. The van der Waals surface area contributed by atoms with Crippen molar-refractivity contribution < 1.29 is 4.74 Å². The maximum Gasteiger partial charge on any atom is 0.0703 e. The van der Waals surface area contributed by atoms with Crippen molar-refractivity contribution in [3.8, 4) is 0 Å². The number of ether oxygens (including phenoxy) is 1. The summed E-state index contributed by atoms with van der Waals surface area (Å²) in [5.41, 5.74) is 0. The highest BCUT2D eigenvalue weighted by molar-refractivity contribution is 4.92. The van der Waals surface area contributed by atoms with Crippen molar-refractivity contribution >= 4 is 0 Å². The van der Waals surface area contributed by atoms with Gasteiger partial charge in [0.25, 0.3) is 0 Å². The van der Waals surface area contributed by atoms with Crippen LogP contribution in [0.5, 0.6) is 0 Å². The van der Waals surface area contributed by atoms with Crippen LogP contribution in [0.3, 0.4) is 0 Å². The Morgan fingerprint density at radius 3 is 2.50 bits per heavy atom. The second kappa shape index (κ2) is 3.35. The van der Waals surface area contributed by atoms with Gasteiger partial charge in [0.15, 0.2) is 0 Å². The number of hydrogen-bond acceptors (Lipinski definition) is 2. The van der Waals surface area contributed by atoms with Crippen molar-refractivity contribution in [2.75, 3.05) is 13.2 Å². The lowest BCUT2D eigenvalue weighted by Crippen LogP contribution is -2.41. The summed E-state index contributed by atoms with van der Waals surface area (Å²) >= 11 is 0. The fraction of sp³-hybridized carbons (Fsp3) is 1.00. The molecule has 0 spiro atoms. The molecule has 0 aromatic rings. The van der Waals surface area contributed by atoms with Crippen LogP contribution >= 0.6 is 0 Å². The van der Waals surface area contributed by atoms with Gasteiger partial charge in [-0.1, -0.05) is 6.92 Å². The maximum absolute atomic E-state index is 5.58. The molecule has 0 N–H and O–H groups in total. The van der Waals surface area contributed by atoms with Gasteiger partial charge < -0.3 is 4.74 Å². The van der Waals surface area contributed by atoms with E-state index in [1.54, 1.807) is 0 Å². The average Bonchev–Trinajstić information content (AvgIpc) is 2.80. The van der Waals surface area contributed by atoms with Crippen LogP contribution in [0.25, 0.3) is 0 Å². The van der Waals surface area contributed by atoms with E-state index in [1.165, 1.54) is 25.8 Å². The molecule has 2 nitrogen and oxygen atoms in total. The Morgan fingerprint density at radius 1 is 1.33 bits per heavy atom. The maximum atomic E-state index is 5.58. The molecule has 1 aliphatic heterocycles. The van der Waals surface area contributed by atoms with Gasteiger partial charge in [0, 0.05) is 18.7 Å². The van der Waals surface area contributed by atoms with Crippen molar-refractivity contribution in [3.63, 3.8) is 0 Å². The summed E-state index contributed by atoms with van der Waals surface area (Å²) in [7, 11) is 0. The van der Waals surface area contributed by atoms with Gasteiger partial charge in [-0.15, -0.1) is 0 Å². The van der Waals surface area contributed by atoms with Gasteiger partial charge in [0.1, 0.15) is 0 Å². The van der Waals surface area contributed by atoms with E-state index in [0.717, 1.165) is 12.6 Å². The van der Waals surface area contributed by atoms with E-state index in [9.17, 15) is 0 Å². The van der Waals surface area contributed by atoms with E-state index in [2.05, 4.69) is 18.7 Å². The molecule has 2 rings (SSSR count). The molecule has 12 heavy (non-hydrogen) atoms. The third-order valence-corrected chi connectivity index (χ3v) is 3.14. The highest BCUT2D eigenvalue weighted by Crippen LogP contribution is 2.32. The fourth-order valence-electron chi connectivity index (χ4n) is 2.33. The van der Waals surface area contributed by atoms with Crippen molar-refractivity contribution in [2.45, 2.75) is 51.3 Å². The standard InChI is InChI=1S/C10H19NO/c1-3-11(9-4-5-9)10-6-7-12-8(10)2/h8-10H,3-7H2,1-2H3. The zero-order valence-electron chi connectivity index (χ0n) is 8.12. The number of likely N-dealkylation sites (N-methyl/N-ethyl adjacent to an activating group) is 1. The van der Waals surface area contributed by atoms with Gasteiger partial charge in [0.2, 0.25) is 0 Å². The van der Waals surface area contributed by atoms with E-state index in [-0.39, 0.29) is 0 Å². The molecule has 2 heteroatoms. The van der Waals surface area contributed by atoms with E-state index in [0.29, 0.717) is 12.1 Å². The summed E-state index contributed by atoms with van der Waals surface area (Å²) in [4.78, 5) is 2.64. The molecule has 2 aliphatic rings. The van der Waals surface area contributed by atoms with Crippen LogP contribution in [-0.2, 0) is 4.74 Å². The van der Waals surface area contributed by atoms with Gasteiger partial charge in [-0.05, 0) is 32.7 Å². The number of nitrogens with zero attached hydrogens (tertiary/aromatic N) is 1. The van der Waals surface area contributed by atoms with Crippen LogP contribution in [0.15, 0.2) is 0 Å². The van der Waals surface area contributed by atoms with Crippen molar-refractivity contribution in [1.29, 1.82) is 0 Å². The van der Waals surface area contributed by atoms with Crippen LogP contribution in [0.1, 0.15) is 33.1 Å². The van der Waals surface area contributed by atoms with E-state index >= 15 is 0 Å². The second-order valence-corrected chi connectivity index (χ2v) is 3.99. The van der Waals surface area contributed by atoms with Crippen LogP contribution < -0.4 is 0 Å². The van der Waals surface area contributed by atoms with Gasteiger partial charge in [0.05, 0.1) is 6.10 Å². The molecule has 70 valence electrons. The molecule has 1 aliphatic carbocycles. The Morgan fingerprint density at radius 2 is 2.08 bits per heavy atom. The van der Waals surface area contributed by atoms with E-state index in [4.69, 9.17) is 4.74 Å². The summed E-state index contributed by atoms with van der Waals surface area (Å²) in [6.45, 7) is 6.64. The summed E-state index contributed by atoms with van der Waals surface area (Å²) in [6, 6.07) is 1.60. The van der Waals surface area contributed by atoms with Gasteiger partial charge >= 0.3 is 0 Å². The Labute approximate surface area is 74.9 Å². The Bertz CT molecular complexity index is 156. The molecule has 1 saturated carbocycles.